The third kappa shape index (κ3) is 3.13. The highest BCUT2D eigenvalue weighted by Gasteiger charge is 2.29. The minimum absolute atomic E-state index is 0.0103. The molecule has 0 unspecified atom stereocenters. The van der Waals surface area contributed by atoms with Crippen LogP contribution in [0.2, 0.25) is 0 Å². The van der Waals surface area contributed by atoms with Crippen LogP contribution in [0.4, 0.5) is 10.8 Å². The zero-order valence-corrected chi connectivity index (χ0v) is 15.5. The summed E-state index contributed by atoms with van der Waals surface area (Å²) in [4.78, 5) is 16.5. The van der Waals surface area contributed by atoms with E-state index < -0.39 is 6.09 Å². The van der Waals surface area contributed by atoms with Gasteiger partial charge >= 0.3 is 12.1 Å². The lowest BCUT2D eigenvalue weighted by molar-refractivity contribution is 0.157. The molecule has 1 aromatic heterocycles. The number of hydrogen-bond donors (Lipinski definition) is 2. The normalized spacial score (nSPS) is 12.6. The molecule has 5 rings (SSSR count). The van der Waals surface area contributed by atoms with Crippen LogP contribution in [0.1, 0.15) is 22.6 Å². The Morgan fingerprint density at radius 3 is 2.41 bits per heavy atom. The van der Waals surface area contributed by atoms with E-state index in [1.54, 1.807) is 18.2 Å². The van der Waals surface area contributed by atoms with Gasteiger partial charge in [-0.3, -0.25) is 0 Å². The Morgan fingerprint density at radius 1 is 1.03 bits per heavy atom. The lowest BCUT2D eigenvalue weighted by Crippen LogP contribution is -2.18. The summed E-state index contributed by atoms with van der Waals surface area (Å²) in [7, 11) is 0. The molecule has 1 aliphatic carbocycles. The number of rotatable bonds is 4. The number of carbonyl (C=O) groups excluding carboxylic acids is 1. The number of hydrogen-bond acceptors (Lipinski definition) is 5. The maximum absolute atomic E-state index is 12.3. The Kier molecular flexibility index (Phi) is 4.26. The lowest BCUT2D eigenvalue weighted by Gasteiger charge is -2.13. The molecule has 1 amide bonds. The van der Waals surface area contributed by atoms with Gasteiger partial charge in [0.05, 0.1) is 6.61 Å². The third-order valence-electron chi connectivity index (χ3n) is 5.19. The fraction of sp³-hybridized carbons (Fsp3) is 0.130. The number of oxazole rings is 1. The highest BCUT2D eigenvalue weighted by Crippen LogP contribution is 2.44. The Morgan fingerprint density at radius 2 is 1.72 bits per heavy atom. The number of nitrogens with one attached hydrogen (secondary N) is 1. The summed E-state index contributed by atoms with van der Waals surface area (Å²) in [5.74, 6) is -0.0103. The lowest BCUT2D eigenvalue weighted by atomic mass is 9.98. The van der Waals surface area contributed by atoms with Gasteiger partial charge in [-0.25, -0.2) is 10.1 Å². The summed E-state index contributed by atoms with van der Waals surface area (Å²) in [5.41, 5.74) is 6.45. The van der Waals surface area contributed by atoms with Crippen molar-refractivity contribution in [1.29, 1.82) is 0 Å². The summed E-state index contributed by atoms with van der Waals surface area (Å²) in [5, 5.41) is 11.8. The van der Waals surface area contributed by atoms with E-state index in [1.807, 2.05) is 24.3 Å². The molecular weight excluding hydrogens is 368 g/mol. The van der Waals surface area contributed by atoms with Crippen molar-refractivity contribution in [3.8, 4) is 11.1 Å². The first-order chi connectivity index (χ1) is 14.2. The number of aromatic nitrogens is 1. The summed E-state index contributed by atoms with van der Waals surface area (Å²) < 4.78 is 11.0. The van der Waals surface area contributed by atoms with Gasteiger partial charge < -0.3 is 14.3 Å². The first kappa shape index (κ1) is 17.5. The number of aliphatic hydroxyl groups is 1. The van der Waals surface area contributed by atoms with Crippen LogP contribution in [-0.4, -0.2) is 22.8 Å². The minimum Gasteiger partial charge on any atom is -0.448 e. The summed E-state index contributed by atoms with van der Waals surface area (Å²) >= 11 is 0. The standard InChI is InChI=1S/C23H18N2O4/c26-12-14-9-10-20-21(11-14)29-22(24-20)25-23(27)28-13-19-17-7-3-1-5-15(17)16-6-2-4-8-18(16)19/h1-11,19,26H,12-13H2,(H,24,25,27). The molecule has 29 heavy (non-hydrogen) atoms. The molecule has 1 aliphatic rings. The van der Waals surface area contributed by atoms with E-state index in [2.05, 4.69) is 34.6 Å². The van der Waals surface area contributed by atoms with Crippen molar-refractivity contribution in [2.75, 3.05) is 11.9 Å². The summed E-state index contributed by atoms with van der Waals surface area (Å²) in [6.07, 6.45) is -0.624. The second-order valence-corrected chi connectivity index (χ2v) is 6.93. The quantitative estimate of drug-likeness (QED) is 0.532. The Labute approximate surface area is 166 Å². The fourth-order valence-corrected chi connectivity index (χ4v) is 3.84. The third-order valence-corrected chi connectivity index (χ3v) is 5.19. The minimum atomic E-state index is -0.624. The van der Waals surface area contributed by atoms with Crippen LogP contribution >= 0.6 is 0 Å². The monoisotopic (exact) mass is 386 g/mol. The summed E-state index contributed by atoms with van der Waals surface area (Å²) in [6, 6.07) is 21.6. The maximum atomic E-state index is 12.3. The first-order valence-corrected chi connectivity index (χ1v) is 9.35. The van der Waals surface area contributed by atoms with Gasteiger partial charge in [-0.2, -0.15) is 4.98 Å². The van der Waals surface area contributed by atoms with E-state index in [1.165, 1.54) is 11.1 Å². The SMILES string of the molecule is O=C(Nc1nc2ccc(CO)cc2o1)OCC1c2ccccc2-c2ccccc21. The van der Waals surface area contributed by atoms with Crippen molar-refractivity contribution in [2.24, 2.45) is 0 Å². The molecule has 0 aliphatic heterocycles. The van der Waals surface area contributed by atoms with Gasteiger partial charge in [-0.15, -0.1) is 0 Å². The van der Waals surface area contributed by atoms with Gasteiger partial charge in [0, 0.05) is 5.92 Å². The topological polar surface area (TPSA) is 84.6 Å². The van der Waals surface area contributed by atoms with Crippen LogP contribution in [0.5, 0.6) is 0 Å². The van der Waals surface area contributed by atoms with Crippen molar-refractivity contribution in [3.63, 3.8) is 0 Å². The fourth-order valence-electron chi connectivity index (χ4n) is 3.84. The molecule has 0 atom stereocenters. The molecule has 1 heterocycles. The van der Waals surface area contributed by atoms with Gasteiger partial charge in [0.25, 0.3) is 0 Å². The number of amides is 1. The molecule has 6 nitrogen and oxygen atoms in total. The average Bonchev–Trinajstić information content (AvgIpc) is 3.29. The van der Waals surface area contributed by atoms with E-state index in [-0.39, 0.29) is 25.1 Å². The van der Waals surface area contributed by atoms with Crippen LogP contribution in [0.15, 0.2) is 71.1 Å². The van der Waals surface area contributed by atoms with Gasteiger partial charge in [0.2, 0.25) is 0 Å². The zero-order chi connectivity index (χ0) is 19.8. The Bertz CT molecular complexity index is 1170. The van der Waals surface area contributed by atoms with Crippen LogP contribution in [0.25, 0.3) is 22.2 Å². The number of benzene rings is 3. The second-order valence-electron chi connectivity index (χ2n) is 6.93. The van der Waals surface area contributed by atoms with E-state index in [0.717, 1.165) is 11.1 Å². The van der Waals surface area contributed by atoms with Crippen molar-refractivity contribution in [1.82, 2.24) is 4.98 Å². The predicted molar refractivity (Wildman–Crippen MR) is 109 cm³/mol. The van der Waals surface area contributed by atoms with Crippen LogP contribution in [0.3, 0.4) is 0 Å². The van der Waals surface area contributed by atoms with Crippen LogP contribution in [-0.2, 0) is 11.3 Å². The average molecular weight is 386 g/mol. The Balaban J connectivity index is 1.31. The van der Waals surface area contributed by atoms with E-state index in [0.29, 0.717) is 16.7 Å². The molecule has 144 valence electrons. The Hall–Kier alpha value is -3.64. The van der Waals surface area contributed by atoms with E-state index in [4.69, 9.17) is 9.15 Å². The van der Waals surface area contributed by atoms with Gasteiger partial charge in [0.15, 0.2) is 5.58 Å². The molecule has 0 bridgehead atoms. The van der Waals surface area contributed by atoms with Crippen molar-refractivity contribution in [2.45, 2.75) is 12.5 Å². The molecule has 0 fully saturated rings. The molecule has 2 N–H and O–H groups in total. The van der Waals surface area contributed by atoms with Gasteiger partial charge in [0.1, 0.15) is 12.1 Å². The van der Waals surface area contributed by atoms with Crippen molar-refractivity contribution < 1.29 is 19.1 Å². The van der Waals surface area contributed by atoms with E-state index in [9.17, 15) is 9.90 Å². The van der Waals surface area contributed by atoms with Crippen molar-refractivity contribution >= 4 is 23.2 Å². The number of fused-ring (bicyclic) bond motifs is 4. The smallest absolute Gasteiger partial charge is 0.415 e. The second kappa shape index (κ2) is 7.07. The first-order valence-electron chi connectivity index (χ1n) is 9.35. The molecule has 6 heteroatoms. The number of anilines is 1. The maximum Gasteiger partial charge on any atom is 0.415 e. The number of nitrogens with zero attached hydrogens (tertiary/aromatic N) is 1. The molecule has 0 saturated carbocycles. The molecule has 0 saturated heterocycles. The molecule has 4 aromatic rings. The molecular formula is C23H18N2O4. The van der Waals surface area contributed by atoms with Crippen molar-refractivity contribution in [3.05, 3.63) is 83.4 Å². The number of carbonyl (C=O) groups is 1. The molecule has 0 radical (unpaired) electrons. The number of aliphatic hydroxyl groups excluding tert-OH is 1. The highest BCUT2D eigenvalue weighted by molar-refractivity contribution is 5.85. The van der Waals surface area contributed by atoms with Crippen LogP contribution < -0.4 is 5.32 Å². The molecule has 3 aromatic carbocycles. The molecule has 0 spiro atoms. The van der Waals surface area contributed by atoms with Crippen LogP contribution in [0, 0.1) is 0 Å². The van der Waals surface area contributed by atoms with E-state index >= 15 is 0 Å². The zero-order valence-electron chi connectivity index (χ0n) is 15.5. The highest BCUT2D eigenvalue weighted by atomic mass is 16.6. The number of ether oxygens (including phenoxy) is 1. The van der Waals surface area contributed by atoms with Gasteiger partial charge in [-0.05, 0) is 39.9 Å². The van der Waals surface area contributed by atoms with Gasteiger partial charge in [-0.1, -0.05) is 54.6 Å². The predicted octanol–water partition coefficient (Wildman–Crippen LogP) is 4.68. The largest absolute Gasteiger partial charge is 0.448 e. The summed E-state index contributed by atoms with van der Waals surface area (Å²) in [6.45, 7) is 0.126.